The summed E-state index contributed by atoms with van der Waals surface area (Å²) < 4.78 is 0. The summed E-state index contributed by atoms with van der Waals surface area (Å²) in [5, 5.41) is 12.9. The Bertz CT molecular complexity index is 2140. The maximum atomic E-state index is 13.4. The predicted molar refractivity (Wildman–Crippen MR) is 218 cm³/mol. The fourth-order valence-corrected chi connectivity index (χ4v) is 9.99. The molecule has 4 aromatic carbocycles. The molecule has 0 radical (unpaired) electrons. The number of anilines is 1. The number of rotatable bonds is 8. The van der Waals surface area contributed by atoms with Crippen LogP contribution in [0.15, 0.2) is 103 Å². The summed E-state index contributed by atoms with van der Waals surface area (Å²) in [4.78, 5) is 47.8. The van der Waals surface area contributed by atoms with Gasteiger partial charge in [-0.1, -0.05) is 67.2 Å². The summed E-state index contributed by atoms with van der Waals surface area (Å²) >= 11 is 0. The second kappa shape index (κ2) is 15.4. The molecule has 9 rings (SSSR count). The number of fused-ring (bicyclic) bond motifs is 2. The fraction of sp³-hybridized carbons (Fsp3) is 0.383. The second-order valence-electron chi connectivity index (χ2n) is 16.4. The number of aromatic hydroxyl groups is 1. The van der Waals surface area contributed by atoms with E-state index in [2.05, 4.69) is 87.3 Å². The summed E-state index contributed by atoms with van der Waals surface area (Å²) in [5.74, 6) is 0.488. The monoisotopic (exact) mass is 749 g/mol. The Hall–Kier alpha value is -5.25. The van der Waals surface area contributed by atoms with Crippen LogP contribution in [-0.4, -0.2) is 95.9 Å². The molecule has 1 aliphatic carbocycles. The number of phenolic OH excluding ortho intramolecular Hbond substituents is 1. The molecule has 0 aromatic heterocycles. The van der Waals surface area contributed by atoms with E-state index in [0.717, 1.165) is 75.8 Å². The summed E-state index contributed by atoms with van der Waals surface area (Å²) in [7, 11) is 0. The van der Waals surface area contributed by atoms with E-state index in [1.54, 1.807) is 6.07 Å². The number of amides is 3. The van der Waals surface area contributed by atoms with Gasteiger partial charge in [-0.15, -0.1) is 0 Å². The number of allylic oxidation sites excluding steroid dienone is 1. The van der Waals surface area contributed by atoms with E-state index in [4.69, 9.17) is 0 Å². The molecular weight excluding hydrogens is 699 g/mol. The Morgan fingerprint density at radius 1 is 0.661 bits per heavy atom. The van der Waals surface area contributed by atoms with Crippen LogP contribution in [0.4, 0.5) is 5.69 Å². The summed E-state index contributed by atoms with van der Waals surface area (Å²) in [6, 6.07) is 31.1. The number of imide groups is 1. The molecule has 0 saturated carbocycles. The van der Waals surface area contributed by atoms with Gasteiger partial charge in [0.15, 0.2) is 0 Å². The zero-order valence-corrected chi connectivity index (χ0v) is 32.0. The lowest BCUT2D eigenvalue weighted by Crippen LogP contribution is -2.51. The minimum absolute atomic E-state index is 0.271. The molecule has 1 unspecified atom stereocenters. The van der Waals surface area contributed by atoms with Gasteiger partial charge in [0.1, 0.15) is 11.8 Å². The molecule has 3 amide bonds. The van der Waals surface area contributed by atoms with Crippen molar-refractivity contribution in [2.24, 2.45) is 0 Å². The number of piperazine rings is 1. The lowest BCUT2D eigenvalue weighted by Gasteiger charge is -2.38. The van der Waals surface area contributed by atoms with Crippen LogP contribution in [-0.2, 0) is 11.2 Å². The fourth-order valence-electron chi connectivity index (χ4n) is 9.99. The van der Waals surface area contributed by atoms with Gasteiger partial charge in [0, 0.05) is 56.6 Å². The predicted octanol–water partition coefficient (Wildman–Crippen LogP) is 6.64. The van der Waals surface area contributed by atoms with Gasteiger partial charge in [0.25, 0.3) is 11.8 Å². The SMILES string of the molecule is C=C1CCC(N2C(=O)c3ccc(N4CCN(CCN5CCC(c6ccc([C@@H]7c8ccc(O)cc8CC[C@@H]7c7ccccc7)cc6)CC5)CC4)cc3C2=O)C(=O)N1. The number of benzene rings is 4. The molecule has 3 fully saturated rings. The number of nitrogens with zero attached hydrogens (tertiary/aromatic N) is 4. The first-order valence-corrected chi connectivity index (χ1v) is 20.5. The quantitative estimate of drug-likeness (QED) is 0.195. The van der Waals surface area contributed by atoms with E-state index < -0.39 is 11.9 Å². The van der Waals surface area contributed by atoms with Crippen LogP contribution in [0.25, 0.3) is 0 Å². The molecular formula is C47H51N5O4. The van der Waals surface area contributed by atoms with Crippen LogP contribution in [0.2, 0.25) is 0 Å². The molecule has 9 heteroatoms. The highest BCUT2D eigenvalue weighted by molar-refractivity contribution is 6.23. The van der Waals surface area contributed by atoms with Crippen molar-refractivity contribution < 1.29 is 19.5 Å². The van der Waals surface area contributed by atoms with Crippen molar-refractivity contribution in [3.63, 3.8) is 0 Å². The van der Waals surface area contributed by atoms with Gasteiger partial charge in [-0.3, -0.25) is 24.2 Å². The van der Waals surface area contributed by atoms with Crippen LogP contribution >= 0.6 is 0 Å². The smallest absolute Gasteiger partial charge is 0.262 e. The van der Waals surface area contributed by atoms with Gasteiger partial charge in [-0.05, 0) is 122 Å². The standard InChI is InChI=1S/C47H51N5O4/c1-31-7-18-43(45(54)48-31)52-46(55)41-16-13-37(30-42(41)47(52)56)51-27-25-50(26-28-51)24-23-49-21-19-33(20-22-49)32-8-10-35(11-9-32)44-39(34-5-3-2-4-6-34)15-12-36-29-38(53)14-17-40(36)44/h2-6,8-11,13-14,16-17,29-30,33,39,43-44,53H,1,7,12,15,18-28H2,(H,48,54)/t39-,43?,44+/m1/s1. The first-order chi connectivity index (χ1) is 27.3. The van der Waals surface area contributed by atoms with Crippen molar-refractivity contribution >= 4 is 23.4 Å². The van der Waals surface area contributed by atoms with Crippen LogP contribution in [0.3, 0.4) is 0 Å². The zero-order valence-electron chi connectivity index (χ0n) is 32.0. The highest BCUT2D eigenvalue weighted by Crippen LogP contribution is 2.47. The molecule has 4 aromatic rings. The van der Waals surface area contributed by atoms with E-state index in [0.29, 0.717) is 47.3 Å². The van der Waals surface area contributed by atoms with Crippen LogP contribution in [0.5, 0.6) is 5.75 Å². The number of hydrogen-bond donors (Lipinski definition) is 2. The molecule has 5 aliphatic rings. The molecule has 4 heterocycles. The van der Waals surface area contributed by atoms with Crippen molar-refractivity contribution in [1.29, 1.82) is 0 Å². The third-order valence-electron chi connectivity index (χ3n) is 13.2. The van der Waals surface area contributed by atoms with E-state index >= 15 is 0 Å². The lowest BCUT2D eigenvalue weighted by molar-refractivity contribution is -0.125. The summed E-state index contributed by atoms with van der Waals surface area (Å²) in [6.45, 7) is 11.7. The van der Waals surface area contributed by atoms with E-state index in [-0.39, 0.29) is 17.7 Å². The summed E-state index contributed by atoms with van der Waals surface area (Å²) in [5.41, 5.74) is 9.13. The van der Waals surface area contributed by atoms with Crippen LogP contribution < -0.4 is 10.2 Å². The lowest BCUT2D eigenvalue weighted by atomic mass is 9.69. The van der Waals surface area contributed by atoms with Crippen molar-refractivity contribution in [3.05, 3.63) is 142 Å². The number of piperidine rings is 2. The summed E-state index contributed by atoms with van der Waals surface area (Å²) in [6.07, 6.45) is 5.34. The van der Waals surface area contributed by atoms with Crippen LogP contribution in [0, 0.1) is 0 Å². The highest BCUT2D eigenvalue weighted by atomic mass is 16.3. The minimum atomic E-state index is -0.797. The topological polar surface area (TPSA) is 96.4 Å². The second-order valence-corrected chi connectivity index (χ2v) is 16.4. The number of aryl methyl sites for hydroxylation is 1. The van der Waals surface area contributed by atoms with Gasteiger partial charge in [-0.25, -0.2) is 0 Å². The molecule has 0 spiro atoms. The first kappa shape index (κ1) is 36.4. The van der Waals surface area contributed by atoms with Gasteiger partial charge in [-0.2, -0.15) is 0 Å². The first-order valence-electron chi connectivity index (χ1n) is 20.5. The Labute approximate surface area is 329 Å². The molecule has 3 saturated heterocycles. The Balaban J connectivity index is 0.764. The molecule has 288 valence electrons. The number of phenols is 1. The molecule has 4 aliphatic heterocycles. The minimum Gasteiger partial charge on any atom is -0.508 e. The van der Waals surface area contributed by atoms with Gasteiger partial charge >= 0.3 is 0 Å². The maximum absolute atomic E-state index is 13.4. The van der Waals surface area contributed by atoms with Gasteiger partial charge < -0.3 is 20.2 Å². The normalized spacial score (nSPS) is 23.6. The largest absolute Gasteiger partial charge is 0.508 e. The third-order valence-corrected chi connectivity index (χ3v) is 13.2. The van der Waals surface area contributed by atoms with E-state index in [1.807, 2.05) is 24.3 Å². The molecule has 0 bridgehead atoms. The van der Waals surface area contributed by atoms with Crippen molar-refractivity contribution in [3.8, 4) is 5.75 Å². The number of hydrogen-bond acceptors (Lipinski definition) is 7. The number of carbonyl (C=O) groups is 3. The molecule has 2 N–H and O–H groups in total. The number of nitrogens with one attached hydrogen (secondary N) is 1. The maximum Gasteiger partial charge on any atom is 0.262 e. The number of carbonyl (C=O) groups excluding carboxylic acids is 3. The molecule has 56 heavy (non-hydrogen) atoms. The average Bonchev–Trinajstić information content (AvgIpc) is 3.48. The Morgan fingerprint density at radius 3 is 2.09 bits per heavy atom. The Morgan fingerprint density at radius 2 is 1.36 bits per heavy atom. The number of likely N-dealkylation sites (tertiary alicyclic amines) is 1. The van der Waals surface area contributed by atoms with Gasteiger partial charge in [0.2, 0.25) is 5.91 Å². The van der Waals surface area contributed by atoms with Crippen molar-refractivity contribution in [2.45, 2.75) is 62.3 Å². The Kier molecular flexibility index (Phi) is 9.98. The average molecular weight is 750 g/mol. The van der Waals surface area contributed by atoms with Gasteiger partial charge in [0.05, 0.1) is 11.1 Å². The molecule has 3 atom stereocenters. The van der Waals surface area contributed by atoms with Crippen LogP contribution in [0.1, 0.15) is 98.4 Å². The third kappa shape index (κ3) is 7.03. The molecule has 9 nitrogen and oxygen atoms in total. The highest BCUT2D eigenvalue weighted by Gasteiger charge is 2.44. The zero-order chi connectivity index (χ0) is 38.3. The van der Waals surface area contributed by atoms with E-state index in [9.17, 15) is 19.5 Å². The van der Waals surface area contributed by atoms with Crippen molar-refractivity contribution in [1.82, 2.24) is 20.0 Å². The van der Waals surface area contributed by atoms with Crippen molar-refractivity contribution in [2.75, 3.05) is 57.3 Å². The van der Waals surface area contributed by atoms with E-state index in [1.165, 1.54) is 40.7 Å².